The summed E-state index contributed by atoms with van der Waals surface area (Å²) >= 11 is 12.7. The van der Waals surface area contributed by atoms with Gasteiger partial charge in [0.2, 0.25) is 0 Å². The van der Waals surface area contributed by atoms with Crippen molar-refractivity contribution in [1.82, 2.24) is 5.32 Å². The number of aliphatic hydroxyl groups is 1. The summed E-state index contributed by atoms with van der Waals surface area (Å²) in [6.45, 7) is 10.9. The molecule has 4 atom stereocenters. The maximum atomic E-state index is 14.0. The van der Waals surface area contributed by atoms with E-state index in [1.54, 1.807) is 30.3 Å². The highest BCUT2D eigenvalue weighted by Crippen LogP contribution is 2.51. The topological polar surface area (TPSA) is 116 Å². The van der Waals surface area contributed by atoms with Crippen molar-refractivity contribution in [3.63, 3.8) is 0 Å². The van der Waals surface area contributed by atoms with Crippen LogP contribution in [0.5, 0.6) is 0 Å². The van der Waals surface area contributed by atoms with Gasteiger partial charge in [-0.15, -0.1) is 0 Å². The summed E-state index contributed by atoms with van der Waals surface area (Å²) in [6.07, 6.45) is 2.52. The summed E-state index contributed by atoms with van der Waals surface area (Å²) in [5.74, 6) is -1.20. The van der Waals surface area contributed by atoms with Crippen molar-refractivity contribution in [2.45, 2.75) is 84.3 Å². The predicted octanol–water partition coefficient (Wildman–Crippen LogP) is 6.96. The number of nitrogens with one attached hydrogen (secondary N) is 1. The van der Waals surface area contributed by atoms with Gasteiger partial charge in [-0.3, -0.25) is 14.6 Å². The van der Waals surface area contributed by atoms with Crippen molar-refractivity contribution in [2.75, 3.05) is 6.54 Å². The number of carbonyl (C=O) groups is 3. The molecule has 2 aliphatic rings. The standard InChI is InChI=1S/C34H42Cl2N2O5/c1-19(21-6-8-22(9-7-21)31(41)37-18-29(40)32(42)43)27-17-28(39)30(23-14-25(35)16-26(36)15-23)38-34(20(27)2)12-10-24(11-13-34)33(3,4)5/h6-9,14-16,19-20,24,27,29,40H,10-13,17-18H2,1-5H3,(H,37,41)(H,42,43). The van der Waals surface area contributed by atoms with E-state index in [4.69, 9.17) is 33.3 Å². The number of hydrogen-bond acceptors (Lipinski definition) is 5. The lowest BCUT2D eigenvalue weighted by Gasteiger charge is -2.47. The third-order valence-corrected chi connectivity index (χ3v) is 10.2. The molecule has 43 heavy (non-hydrogen) atoms. The van der Waals surface area contributed by atoms with Crippen LogP contribution in [-0.4, -0.2) is 51.8 Å². The minimum absolute atomic E-state index is 0.0000157. The quantitative estimate of drug-likeness (QED) is 0.306. The normalized spacial score (nSPS) is 25.9. The van der Waals surface area contributed by atoms with Gasteiger partial charge in [0, 0.05) is 27.6 Å². The van der Waals surface area contributed by atoms with Crippen LogP contribution in [0.15, 0.2) is 47.5 Å². The molecule has 1 amide bonds. The largest absolute Gasteiger partial charge is 0.479 e. The number of nitrogens with zero attached hydrogens (tertiary/aromatic N) is 1. The number of ketones is 1. The van der Waals surface area contributed by atoms with Gasteiger partial charge in [-0.25, -0.2) is 4.79 Å². The molecular formula is C34H42Cl2N2O5. The van der Waals surface area contributed by atoms with Gasteiger partial charge in [0.05, 0.1) is 12.1 Å². The zero-order valence-corrected chi connectivity index (χ0v) is 27.0. The Balaban J connectivity index is 1.64. The van der Waals surface area contributed by atoms with E-state index in [1.807, 2.05) is 12.1 Å². The highest BCUT2D eigenvalue weighted by atomic mass is 35.5. The molecule has 2 aromatic carbocycles. The molecule has 0 aromatic heterocycles. The van der Waals surface area contributed by atoms with Gasteiger partial charge in [0.1, 0.15) is 5.71 Å². The third-order valence-electron chi connectivity index (χ3n) is 9.80. The molecule has 1 fully saturated rings. The SMILES string of the molecule is CC(c1ccc(C(=O)NCC(O)C(=O)O)cc1)C1CC(=O)C(c2cc(Cl)cc(Cl)c2)=NC2(CCC(C(C)(C)C)CC2)C1C. The first-order valence-electron chi connectivity index (χ1n) is 15.0. The van der Waals surface area contributed by atoms with Crippen LogP contribution in [-0.2, 0) is 9.59 Å². The number of amides is 1. The summed E-state index contributed by atoms with van der Waals surface area (Å²) < 4.78 is 0. The van der Waals surface area contributed by atoms with E-state index in [-0.39, 0.29) is 35.5 Å². The first-order chi connectivity index (χ1) is 20.1. The second-order valence-electron chi connectivity index (χ2n) is 13.4. The fraction of sp³-hybridized carbons (Fsp3) is 0.529. The number of rotatable bonds is 7. The lowest BCUT2D eigenvalue weighted by Crippen LogP contribution is -2.44. The molecule has 7 nitrogen and oxygen atoms in total. The molecule has 1 heterocycles. The lowest BCUT2D eigenvalue weighted by atomic mass is 9.60. The molecule has 1 spiro atoms. The zero-order chi connectivity index (χ0) is 31.7. The molecule has 1 aliphatic heterocycles. The fourth-order valence-electron chi connectivity index (χ4n) is 6.91. The van der Waals surface area contributed by atoms with E-state index < -0.39 is 23.5 Å². The number of hydrogen-bond donors (Lipinski definition) is 3. The number of carboxylic acids is 1. The fourth-order valence-corrected chi connectivity index (χ4v) is 7.44. The summed E-state index contributed by atoms with van der Waals surface area (Å²) in [5, 5.41) is 21.7. The van der Waals surface area contributed by atoms with Crippen molar-refractivity contribution >= 4 is 46.6 Å². The minimum atomic E-state index is -1.67. The van der Waals surface area contributed by atoms with E-state index in [9.17, 15) is 19.5 Å². The van der Waals surface area contributed by atoms with Crippen molar-refractivity contribution in [3.8, 4) is 0 Å². The maximum absolute atomic E-state index is 14.0. The molecule has 9 heteroatoms. The van der Waals surface area contributed by atoms with Crippen LogP contribution in [0.2, 0.25) is 10.0 Å². The minimum Gasteiger partial charge on any atom is -0.479 e. The predicted molar refractivity (Wildman–Crippen MR) is 170 cm³/mol. The smallest absolute Gasteiger partial charge is 0.334 e. The summed E-state index contributed by atoms with van der Waals surface area (Å²) in [5.41, 5.74) is 2.27. The van der Waals surface area contributed by atoms with Gasteiger partial charge in [-0.05, 0) is 90.7 Å². The Morgan fingerprint density at radius 3 is 2.19 bits per heavy atom. The Bertz CT molecular complexity index is 1370. The van der Waals surface area contributed by atoms with Crippen LogP contribution < -0.4 is 5.32 Å². The van der Waals surface area contributed by atoms with E-state index in [1.165, 1.54) is 0 Å². The molecule has 0 radical (unpaired) electrons. The number of aliphatic carboxylic acids is 1. The number of carbonyl (C=O) groups excluding carboxylic acids is 2. The third kappa shape index (κ3) is 7.50. The molecular weight excluding hydrogens is 587 g/mol. The van der Waals surface area contributed by atoms with Crippen LogP contribution in [0.1, 0.15) is 94.1 Å². The molecule has 1 aliphatic carbocycles. The van der Waals surface area contributed by atoms with Crippen molar-refractivity contribution in [3.05, 3.63) is 69.2 Å². The van der Waals surface area contributed by atoms with E-state index in [2.05, 4.69) is 39.9 Å². The van der Waals surface area contributed by atoms with Gasteiger partial charge < -0.3 is 15.5 Å². The summed E-state index contributed by atoms with van der Waals surface area (Å²) in [6, 6.07) is 12.4. The number of benzene rings is 2. The molecule has 3 N–H and O–H groups in total. The average molecular weight is 630 g/mol. The van der Waals surface area contributed by atoms with Crippen molar-refractivity contribution < 1.29 is 24.6 Å². The Hall–Kier alpha value is -2.74. The number of aliphatic hydroxyl groups excluding tert-OH is 1. The van der Waals surface area contributed by atoms with Gasteiger partial charge in [-0.2, -0.15) is 0 Å². The zero-order valence-electron chi connectivity index (χ0n) is 25.5. The van der Waals surface area contributed by atoms with Crippen LogP contribution in [0.4, 0.5) is 0 Å². The first kappa shape index (κ1) is 33.2. The highest BCUT2D eigenvalue weighted by Gasteiger charge is 2.48. The molecule has 4 rings (SSSR count). The van der Waals surface area contributed by atoms with Gasteiger partial charge in [0.25, 0.3) is 5.91 Å². The van der Waals surface area contributed by atoms with Crippen LogP contribution in [0.25, 0.3) is 0 Å². The van der Waals surface area contributed by atoms with E-state index in [0.29, 0.717) is 39.2 Å². The molecule has 4 unspecified atom stereocenters. The molecule has 1 saturated carbocycles. The second kappa shape index (κ2) is 13.1. The first-order valence-corrected chi connectivity index (χ1v) is 15.8. The maximum Gasteiger partial charge on any atom is 0.334 e. The monoisotopic (exact) mass is 628 g/mol. The van der Waals surface area contributed by atoms with Crippen LogP contribution in [0, 0.1) is 23.2 Å². The molecule has 2 aromatic rings. The number of carboxylic acid groups (broad SMARTS) is 1. The number of aliphatic imine (C=N–C) groups is 1. The van der Waals surface area contributed by atoms with Crippen LogP contribution >= 0.6 is 23.2 Å². The van der Waals surface area contributed by atoms with Crippen molar-refractivity contribution in [1.29, 1.82) is 0 Å². The highest BCUT2D eigenvalue weighted by molar-refractivity contribution is 6.47. The van der Waals surface area contributed by atoms with Crippen molar-refractivity contribution in [2.24, 2.45) is 28.2 Å². The molecule has 0 bridgehead atoms. The Kier molecular flexibility index (Phi) is 10.1. The summed E-state index contributed by atoms with van der Waals surface area (Å²) in [7, 11) is 0. The Morgan fingerprint density at radius 2 is 1.65 bits per heavy atom. The van der Waals surface area contributed by atoms with E-state index >= 15 is 0 Å². The van der Waals surface area contributed by atoms with Gasteiger partial charge in [0.15, 0.2) is 11.9 Å². The molecule has 232 valence electrons. The van der Waals surface area contributed by atoms with E-state index in [0.717, 1.165) is 31.2 Å². The van der Waals surface area contributed by atoms with Gasteiger partial charge in [-0.1, -0.05) is 70.0 Å². The number of Topliss-reactive ketones (excluding diaryl/α,β-unsaturated/α-hetero) is 1. The Labute approximate surface area is 264 Å². The van der Waals surface area contributed by atoms with Crippen LogP contribution in [0.3, 0.4) is 0 Å². The van der Waals surface area contributed by atoms with Gasteiger partial charge >= 0.3 is 5.97 Å². The molecule has 0 saturated heterocycles. The Morgan fingerprint density at radius 1 is 1.07 bits per heavy atom. The lowest BCUT2D eigenvalue weighted by molar-refractivity contribution is -0.146. The number of halogens is 2. The summed E-state index contributed by atoms with van der Waals surface area (Å²) in [4.78, 5) is 42.7. The average Bonchev–Trinajstić information content (AvgIpc) is 3.05. The second-order valence-corrected chi connectivity index (χ2v) is 14.3.